The molecule has 2 amide bonds. The van der Waals surface area contributed by atoms with E-state index >= 15 is 0 Å². The maximum Gasteiger partial charge on any atom is 0.254 e. The second-order valence-electron chi connectivity index (χ2n) is 10.3. The summed E-state index contributed by atoms with van der Waals surface area (Å²) in [6, 6.07) is 17.2. The van der Waals surface area contributed by atoms with E-state index < -0.39 is 0 Å². The van der Waals surface area contributed by atoms with E-state index in [-0.39, 0.29) is 11.8 Å². The van der Waals surface area contributed by atoms with E-state index in [1.165, 1.54) is 16.3 Å². The topological polar surface area (TPSA) is 53.5 Å². The molecule has 2 unspecified atom stereocenters. The molecule has 2 bridgehead atoms. The predicted octanol–water partition coefficient (Wildman–Crippen LogP) is 4.98. The first-order chi connectivity index (χ1) is 16.7. The van der Waals surface area contributed by atoms with Gasteiger partial charge in [-0.25, -0.2) is 0 Å². The van der Waals surface area contributed by atoms with Crippen molar-refractivity contribution in [2.45, 2.75) is 63.6 Å². The molecule has 3 aromatic rings. The number of carbonyl (C=O) groups excluding carboxylic acids is 2. The normalized spacial score (nSPS) is 24.2. The Balaban J connectivity index is 1.16. The second-order valence-corrected chi connectivity index (χ2v) is 10.3. The zero-order valence-corrected chi connectivity index (χ0v) is 19.5. The summed E-state index contributed by atoms with van der Waals surface area (Å²) in [6.45, 7) is 1.43. The molecule has 174 valence electrons. The lowest BCUT2D eigenvalue weighted by molar-refractivity contribution is -0.128. The maximum absolute atomic E-state index is 13.6. The van der Waals surface area contributed by atoms with Gasteiger partial charge < -0.3 is 9.80 Å². The molecule has 5 heteroatoms. The highest BCUT2D eigenvalue weighted by molar-refractivity contribution is 5.95. The van der Waals surface area contributed by atoms with Crippen molar-refractivity contribution in [3.63, 3.8) is 0 Å². The van der Waals surface area contributed by atoms with Gasteiger partial charge in [-0.15, -0.1) is 0 Å². The molecule has 1 aromatic heterocycles. The van der Waals surface area contributed by atoms with Crippen molar-refractivity contribution in [3.8, 4) is 0 Å². The van der Waals surface area contributed by atoms with Gasteiger partial charge >= 0.3 is 0 Å². The first-order valence-corrected chi connectivity index (χ1v) is 12.7. The summed E-state index contributed by atoms with van der Waals surface area (Å²) >= 11 is 0. The summed E-state index contributed by atoms with van der Waals surface area (Å²) in [5.74, 6) is 0.980. The van der Waals surface area contributed by atoms with Crippen LogP contribution in [-0.2, 0) is 17.8 Å². The molecule has 3 fully saturated rings. The Morgan fingerprint density at radius 1 is 1.03 bits per heavy atom. The van der Waals surface area contributed by atoms with Crippen LogP contribution in [0.5, 0.6) is 0 Å². The van der Waals surface area contributed by atoms with E-state index in [2.05, 4.69) is 34.1 Å². The van der Waals surface area contributed by atoms with Crippen molar-refractivity contribution >= 4 is 22.6 Å². The fourth-order valence-corrected chi connectivity index (χ4v) is 6.50. The molecule has 6 rings (SSSR count). The van der Waals surface area contributed by atoms with Crippen molar-refractivity contribution in [1.82, 2.24) is 14.8 Å². The Bertz CT molecular complexity index is 1220. The Morgan fingerprint density at radius 2 is 1.85 bits per heavy atom. The summed E-state index contributed by atoms with van der Waals surface area (Å²) < 4.78 is 0. The van der Waals surface area contributed by atoms with Gasteiger partial charge in [-0.3, -0.25) is 14.6 Å². The summed E-state index contributed by atoms with van der Waals surface area (Å²) in [5.41, 5.74) is 3.19. The minimum atomic E-state index is 0.162. The molecule has 3 saturated heterocycles. The van der Waals surface area contributed by atoms with Crippen molar-refractivity contribution in [2.75, 3.05) is 6.54 Å². The van der Waals surface area contributed by atoms with Gasteiger partial charge in [0.05, 0.1) is 0 Å². The fourth-order valence-electron chi connectivity index (χ4n) is 6.50. The minimum absolute atomic E-state index is 0.162. The number of nitrogens with zero attached hydrogens (tertiary/aromatic N) is 3. The lowest BCUT2D eigenvalue weighted by Gasteiger charge is -2.39. The SMILES string of the molecule is O=C1CCCN1Cc1cccc(C(=O)N2C3CCC2CC(Cc2cccc4ccncc24)C3)c1. The highest BCUT2D eigenvalue weighted by atomic mass is 16.2. The number of carbonyl (C=O) groups is 2. The number of hydrogen-bond acceptors (Lipinski definition) is 3. The van der Waals surface area contributed by atoms with Crippen LogP contribution in [0.2, 0.25) is 0 Å². The van der Waals surface area contributed by atoms with Crippen LogP contribution in [0, 0.1) is 5.92 Å². The smallest absolute Gasteiger partial charge is 0.254 e. The number of pyridine rings is 1. The van der Waals surface area contributed by atoms with Crippen LogP contribution in [0.4, 0.5) is 0 Å². The van der Waals surface area contributed by atoms with E-state index in [9.17, 15) is 9.59 Å². The van der Waals surface area contributed by atoms with Crippen LogP contribution in [-0.4, -0.2) is 45.2 Å². The molecule has 2 aromatic carbocycles. The molecule has 3 aliphatic rings. The average Bonchev–Trinajstić information content (AvgIpc) is 3.38. The Morgan fingerprint density at radius 3 is 2.65 bits per heavy atom. The largest absolute Gasteiger partial charge is 0.338 e. The zero-order chi connectivity index (χ0) is 23.1. The van der Waals surface area contributed by atoms with Crippen molar-refractivity contribution in [3.05, 3.63) is 77.6 Å². The molecule has 4 heterocycles. The molecule has 0 radical (unpaired) electrons. The van der Waals surface area contributed by atoms with Crippen LogP contribution in [0.1, 0.15) is 60.0 Å². The van der Waals surface area contributed by atoms with Crippen LogP contribution in [0.25, 0.3) is 10.8 Å². The van der Waals surface area contributed by atoms with Crippen molar-refractivity contribution < 1.29 is 9.59 Å². The number of fused-ring (bicyclic) bond motifs is 3. The predicted molar refractivity (Wildman–Crippen MR) is 132 cm³/mol. The van der Waals surface area contributed by atoms with Crippen LogP contribution in [0.3, 0.4) is 0 Å². The molecule has 34 heavy (non-hydrogen) atoms. The summed E-state index contributed by atoms with van der Waals surface area (Å²) in [4.78, 5) is 34.0. The van der Waals surface area contributed by atoms with Gasteiger partial charge in [-0.1, -0.05) is 30.3 Å². The monoisotopic (exact) mass is 453 g/mol. The summed E-state index contributed by atoms with van der Waals surface area (Å²) in [7, 11) is 0. The molecule has 2 atom stereocenters. The molecule has 0 aliphatic carbocycles. The van der Waals surface area contributed by atoms with Crippen molar-refractivity contribution in [2.24, 2.45) is 5.92 Å². The minimum Gasteiger partial charge on any atom is -0.338 e. The number of rotatable bonds is 5. The third kappa shape index (κ3) is 3.97. The molecule has 3 aliphatic heterocycles. The quantitative estimate of drug-likeness (QED) is 0.547. The third-order valence-electron chi connectivity index (χ3n) is 8.07. The van der Waals surface area contributed by atoms with E-state index in [1.807, 2.05) is 41.6 Å². The van der Waals surface area contributed by atoms with Gasteiger partial charge in [-0.05, 0) is 79.2 Å². The third-order valence-corrected chi connectivity index (χ3v) is 8.07. The van der Waals surface area contributed by atoms with E-state index in [4.69, 9.17) is 0 Å². The Kier molecular flexibility index (Phi) is 5.56. The van der Waals surface area contributed by atoms with Gasteiger partial charge in [0.1, 0.15) is 0 Å². The second kappa shape index (κ2) is 8.86. The molecule has 0 spiro atoms. The van der Waals surface area contributed by atoms with Crippen LogP contribution >= 0.6 is 0 Å². The first-order valence-electron chi connectivity index (χ1n) is 12.7. The number of benzene rings is 2. The summed E-state index contributed by atoms with van der Waals surface area (Å²) in [6.07, 6.45) is 10.8. The maximum atomic E-state index is 13.6. The lowest BCUT2D eigenvalue weighted by Crippen LogP contribution is -2.47. The van der Waals surface area contributed by atoms with Crippen LogP contribution in [0.15, 0.2) is 60.9 Å². The highest BCUT2D eigenvalue weighted by Gasteiger charge is 2.43. The number of hydrogen-bond donors (Lipinski definition) is 0. The van der Waals surface area contributed by atoms with Crippen molar-refractivity contribution in [1.29, 1.82) is 0 Å². The van der Waals surface area contributed by atoms with Gasteiger partial charge in [0.25, 0.3) is 5.91 Å². The standard InChI is InChI=1S/C29H31N3O2/c33-28-8-3-13-31(28)19-20-4-1-7-24(14-20)29(34)32-25-9-10-26(32)17-21(16-25)15-23-6-2-5-22-11-12-30-18-27(22)23/h1-2,4-7,11-12,14,18,21,25-26H,3,8-10,13,15-17,19H2. The molecular weight excluding hydrogens is 422 g/mol. The van der Waals surface area contributed by atoms with E-state index in [0.29, 0.717) is 31.0 Å². The number of amides is 2. The van der Waals surface area contributed by atoms with Gasteiger partial charge in [-0.2, -0.15) is 0 Å². The molecule has 0 N–H and O–H groups in total. The highest BCUT2D eigenvalue weighted by Crippen LogP contribution is 2.41. The molecule has 5 nitrogen and oxygen atoms in total. The molecule has 0 saturated carbocycles. The molecular formula is C29H31N3O2. The Labute approximate surface area is 200 Å². The first kappa shape index (κ1) is 21.3. The van der Waals surface area contributed by atoms with Gasteiger partial charge in [0.15, 0.2) is 0 Å². The summed E-state index contributed by atoms with van der Waals surface area (Å²) in [5, 5.41) is 2.50. The van der Waals surface area contributed by atoms with E-state index in [0.717, 1.165) is 56.2 Å². The van der Waals surface area contributed by atoms with E-state index in [1.54, 1.807) is 0 Å². The lowest BCUT2D eigenvalue weighted by atomic mass is 9.84. The number of aromatic nitrogens is 1. The fraction of sp³-hybridized carbons (Fsp3) is 0.414. The van der Waals surface area contributed by atoms with Gasteiger partial charge in [0, 0.05) is 54.9 Å². The van der Waals surface area contributed by atoms with Gasteiger partial charge in [0.2, 0.25) is 5.91 Å². The van der Waals surface area contributed by atoms with Crippen LogP contribution < -0.4 is 0 Å². The Hall–Kier alpha value is -3.21. The number of likely N-dealkylation sites (tertiary alicyclic amines) is 1. The zero-order valence-electron chi connectivity index (χ0n) is 19.5. The average molecular weight is 454 g/mol. The number of piperidine rings is 1.